The molecule has 118 valence electrons. The summed E-state index contributed by atoms with van der Waals surface area (Å²) in [6.07, 6.45) is 1.81. The maximum absolute atomic E-state index is 12.4. The van der Waals surface area contributed by atoms with Gasteiger partial charge in [0.15, 0.2) is 5.65 Å². The van der Waals surface area contributed by atoms with Crippen LogP contribution in [0, 0.1) is 6.92 Å². The van der Waals surface area contributed by atoms with Crippen molar-refractivity contribution in [2.24, 2.45) is 0 Å². The first-order chi connectivity index (χ1) is 11.6. The van der Waals surface area contributed by atoms with E-state index in [4.69, 9.17) is 4.98 Å². The first-order valence-corrected chi connectivity index (χ1v) is 8.35. The van der Waals surface area contributed by atoms with Crippen molar-refractivity contribution < 1.29 is 0 Å². The molecule has 0 saturated carbocycles. The van der Waals surface area contributed by atoms with Crippen LogP contribution in [-0.4, -0.2) is 14.6 Å². The Kier molecular flexibility index (Phi) is 3.58. The number of benzene rings is 2. The van der Waals surface area contributed by atoms with Crippen LogP contribution in [0.3, 0.4) is 0 Å². The third-order valence-corrected chi connectivity index (χ3v) is 4.53. The summed E-state index contributed by atoms with van der Waals surface area (Å²) in [5, 5.41) is 2.99. The molecule has 0 unspecified atom stereocenters. The fourth-order valence-electron chi connectivity index (χ4n) is 2.70. The van der Waals surface area contributed by atoms with Crippen LogP contribution in [0.2, 0.25) is 0 Å². The van der Waals surface area contributed by atoms with Crippen molar-refractivity contribution in [1.29, 1.82) is 0 Å². The Morgan fingerprint density at radius 3 is 2.38 bits per heavy atom. The quantitative estimate of drug-likeness (QED) is 0.560. The highest BCUT2D eigenvalue weighted by Gasteiger charge is 2.11. The lowest BCUT2D eigenvalue weighted by Gasteiger charge is -2.04. The Morgan fingerprint density at radius 2 is 1.67 bits per heavy atom. The molecule has 4 nitrogen and oxygen atoms in total. The van der Waals surface area contributed by atoms with Crippen molar-refractivity contribution >= 4 is 21.6 Å². The number of hydrogen-bond donors (Lipinski definition) is 1. The van der Waals surface area contributed by atoms with Gasteiger partial charge in [0.2, 0.25) is 0 Å². The summed E-state index contributed by atoms with van der Waals surface area (Å²) in [7, 11) is 0. The Morgan fingerprint density at radius 1 is 1.00 bits per heavy atom. The van der Waals surface area contributed by atoms with Gasteiger partial charge >= 0.3 is 0 Å². The SMILES string of the molecule is Cc1ccc(-c2cc(=O)n3[nH]cc(-c4ccc(Br)cc4)c3n2)cc1. The number of aromatic nitrogens is 3. The number of H-pyrrole nitrogens is 1. The molecule has 0 spiro atoms. The topological polar surface area (TPSA) is 50.2 Å². The number of rotatable bonds is 2. The molecular weight excluding hydrogens is 366 g/mol. The van der Waals surface area contributed by atoms with Gasteiger partial charge in [-0.05, 0) is 24.6 Å². The van der Waals surface area contributed by atoms with Gasteiger partial charge in [0.05, 0.1) is 5.69 Å². The van der Waals surface area contributed by atoms with Crippen LogP contribution in [0.15, 0.2) is 70.1 Å². The molecule has 1 N–H and O–H groups in total. The summed E-state index contributed by atoms with van der Waals surface area (Å²) in [5.74, 6) is 0. The lowest BCUT2D eigenvalue weighted by Crippen LogP contribution is -2.14. The van der Waals surface area contributed by atoms with Crippen LogP contribution >= 0.6 is 15.9 Å². The van der Waals surface area contributed by atoms with E-state index < -0.39 is 0 Å². The fourth-order valence-corrected chi connectivity index (χ4v) is 2.96. The minimum absolute atomic E-state index is 0.126. The average Bonchev–Trinajstić information content (AvgIpc) is 3.01. The molecule has 4 aromatic rings. The van der Waals surface area contributed by atoms with Crippen LogP contribution in [0.5, 0.6) is 0 Å². The second-order valence-corrected chi connectivity index (χ2v) is 6.61. The van der Waals surface area contributed by atoms with Gasteiger partial charge in [-0.1, -0.05) is 57.9 Å². The Hall–Kier alpha value is -2.66. The van der Waals surface area contributed by atoms with Gasteiger partial charge in [0, 0.05) is 27.9 Å². The first kappa shape index (κ1) is 14.9. The summed E-state index contributed by atoms with van der Waals surface area (Å²) in [5.41, 5.74) is 5.19. The van der Waals surface area contributed by atoms with E-state index in [-0.39, 0.29) is 5.56 Å². The molecule has 0 saturated heterocycles. The molecule has 0 amide bonds. The molecule has 4 rings (SSSR count). The highest BCUT2D eigenvalue weighted by molar-refractivity contribution is 9.10. The predicted molar refractivity (Wildman–Crippen MR) is 99.1 cm³/mol. The normalized spacial score (nSPS) is 11.1. The van der Waals surface area contributed by atoms with E-state index in [1.165, 1.54) is 10.1 Å². The van der Waals surface area contributed by atoms with Crippen molar-refractivity contribution in [3.05, 3.63) is 81.2 Å². The van der Waals surface area contributed by atoms with Gasteiger partial charge in [-0.15, -0.1) is 0 Å². The summed E-state index contributed by atoms with van der Waals surface area (Å²) >= 11 is 3.44. The van der Waals surface area contributed by atoms with Crippen molar-refractivity contribution in [2.75, 3.05) is 0 Å². The molecular formula is C19H14BrN3O. The second-order valence-electron chi connectivity index (χ2n) is 5.70. The van der Waals surface area contributed by atoms with Crippen LogP contribution in [0.1, 0.15) is 5.56 Å². The van der Waals surface area contributed by atoms with Crippen LogP contribution < -0.4 is 5.56 Å². The molecule has 0 bridgehead atoms. The zero-order valence-corrected chi connectivity index (χ0v) is 14.5. The van der Waals surface area contributed by atoms with E-state index in [0.29, 0.717) is 11.3 Å². The monoisotopic (exact) mass is 379 g/mol. The number of aryl methyl sites for hydroxylation is 1. The lowest BCUT2D eigenvalue weighted by atomic mass is 10.1. The van der Waals surface area contributed by atoms with Crippen LogP contribution in [0.4, 0.5) is 0 Å². The van der Waals surface area contributed by atoms with Crippen molar-refractivity contribution in [3.63, 3.8) is 0 Å². The minimum atomic E-state index is -0.126. The third kappa shape index (κ3) is 2.57. The number of fused-ring (bicyclic) bond motifs is 1. The molecule has 5 heteroatoms. The standard InChI is InChI=1S/C19H14BrN3O/c1-12-2-4-14(5-3-12)17-10-18(24)23-19(22-17)16(11-21-23)13-6-8-15(20)9-7-13/h2-11,21H,1H3. The zero-order chi connectivity index (χ0) is 16.7. The predicted octanol–water partition coefficient (Wildman–Crippen LogP) is 4.43. The molecule has 0 radical (unpaired) electrons. The van der Waals surface area contributed by atoms with Gasteiger partial charge in [-0.3, -0.25) is 9.89 Å². The van der Waals surface area contributed by atoms with Gasteiger partial charge in [-0.25, -0.2) is 9.50 Å². The van der Waals surface area contributed by atoms with Crippen molar-refractivity contribution in [1.82, 2.24) is 14.6 Å². The van der Waals surface area contributed by atoms with Crippen molar-refractivity contribution in [3.8, 4) is 22.4 Å². The number of nitrogens with one attached hydrogen (secondary N) is 1. The highest BCUT2D eigenvalue weighted by Crippen LogP contribution is 2.26. The number of nitrogens with zero attached hydrogens (tertiary/aromatic N) is 2. The van der Waals surface area contributed by atoms with Gasteiger partial charge < -0.3 is 0 Å². The van der Waals surface area contributed by atoms with E-state index >= 15 is 0 Å². The van der Waals surface area contributed by atoms with Crippen LogP contribution in [0.25, 0.3) is 28.0 Å². The molecule has 0 aliphatic carbocycles. The molecule has 0 atom stereocenters. The second kappa shape index (κ2) is 5.76. The summed E-state index contributed by atoms with van der Waals surface area (Å²) in [6, 6.07) is 17.5. The van der Waals surface area contributed by atoms with E-state index in [1.54, 1.807) is 6.07 Å². The fraction of sp³-hybridized carbons (Fsp3) is 0.0526. The Balaban J connectivity index is 1.93. The van der Waals surface area contributed by atoms with E-state index in [9.17, 15) is 4.79 Å². The third-order valence-electron chi connectivity index (χ3n) is 4.00. The summed E-state index contributed by atoms with van der Waals surface area (Å²) in [4.78, 5) is 17.1. The molecule has 0 fully saturated rings. The van der Waals surface area contributed by atoms with Crippen LogP contribution in [-0.2, 0) is 0 Å². The van der Waals surface area contributed by atoms with Crippen molar-refractivity contribution in [2.45, 2.75) is 6.92 Å². The summed E-state index contributed by atoms with van der Waals surface area (Å²) < 4.78 is 2.48. The smallest absolute Gasteiger partial charge is 0.273 e. The van der Waals surface area contributed by atoms with E-state index in [0.717, 1.165) is 21.2 Å². The molecule has 24 heavy (non-hydrogen) atoms. The summed E-state index contributed by atoms with van der Waals surface area (Å²) in [6.45, 7) is 2.03. The molecule has 2 aromatic heterocycles. The maximum atomic E-state index is 12.4. The number of hydrogen-bond acceptors (Lipinski definition) is 2. The Bertz CT molecular complexity index is 1080. The molecule has 0 aliphatic rings. The maximum Gasteiger partial charge on any atom is 0.273 e. The Labute approximate surface area is 146 Å². The molecule has 0 aliphatic heterocycles. The molecule has 2 heterocycles. The van der Waals surface area contributed by atoms with E-state index in [2.05, 4.69) is 21.0 Å². The molecule has 2 aromatic carbocycles. The van der Waals surface area contributed by atoms with Gasteiger partial charge in [0.25, 0.3) is 5.56 Å². The number of aromatic amines is 1. The highest BCUT2D eigenvalue weighted by atomic mass is 79.9. The van der Waals surface area contributed by atoms with E-state index in [1.807, 2.05) is 61.7 Å². The minimum Gasteiger partial charge on any atom is -0.296 e. The average molecular weight is 380 g/mol. The number of halogens is 1. The zero-order valence-electron chi connectivity index (χ0n) is 13.0. The van der Waals surface area contributed by atoms with Gasteiger partial charge in [0.1, 0.15) is 0 Å². The largest absolute Gasteiger partial charge is 0.296 e. The lowest BCUT2D eigenvalue weighted by molar-refractivity contribution is 0.901. The van der Waals surface area contributed by atoms with Gasteiger partial charge in [-0.2, -0.15) is 0 Å². The first-order valence-electron chi connectivity index (χ1n) is 7.56.